The first-order chi connectivity index (χ1) is 17.9. The Morgan fingerprint density at radius 1 is 0.919 bits per heavy atom. The minimum atomic E-state index is -1.24. The van der Waals surface area contributed by atoms with Crippen LogP contribution in [-0.4, -0.2) is 22.1 Å². The van der Waals surface area contributed by atoms with E-state index >= 15 is 0 Å². The van der Waals surface area contributed by atoms with E-state index in [0.717, 1.165) is 28.2 Å². The SMILES string of the molecule is CC(C(Sc1ccccc1)Sc1ccccc1)[C@@]1(OC(=O)OCc2ccccc2)C(=O)C[C@H]2CC[C@@]21C. The van der Waals surface area contributed by atoms with E-state index in [1.54, 1.807) is 23.5 Å². The largest absolute Gasteiger partial charge is 0.509 e. The molecule has 2 aliphatic carbocycles. The van der Waals surface area contributed by atoms with E-state index in [4.69, 9.17) is 9.47 Å². The summed E-state index contributed by atoms with van der Waals surface area (Å²) in [5, 5.41) is 0. The van der Waals surface area contributed by atoms with Crippen molar-refractivity contribution in [3.8, 4) is 0 Å². The molecule has 3 aromatic rings. The molecule has 0 spiro atoms. The number of ketones is 1. The fourth-order valence-electron chi connectivity index (χ4n) is 5.90. The summed E-state index contributed by atoms with van der Waals surface area (Å²) in [7, 11) is 0. The summed E-state index contributed by atoms with van der Waals surface area (Å²) in [6.07, 6.45) is 1.52. The lowest BCUT2D eigenvalue weighted by atomic mass is 9.55. The minimum absolute atomic E-state index is 0.0222. The smallest absolute Gasteiger partial charge is 0.429 e. The molecule has 0 aromatic heterocycles. The Hall–Kier alpha value is -2.70. The average Bonchev–Trinajstić information content (AvgIpc) is 3.06. The molecule has 0 aliphatic heterocycles. The molecule has 2 fully saturated rings. The molecule has 4 nitrogen and oxygen atoms in total. The third-order valence-corrected chi connectivity index (χ3v) is 11.0. The van der Waals surface area contributed by atoms with Gasteiger partial charge in [-0.3, -0.25) is 4.79 Å². The van der Waals surface area contributed by atoms with E-state index in [9.17, 15) is 9.59 Å². The minimum Gasteiger partial charge on any atom is -0.429 e. The molecule has 0 bridgehead atoms. The zero-order chi connectivity index (χ0) is 25.9. The Balaban J connectivity index is 1.46. The van der Waals surface area contributed by atoms with Gasteiger partial charge in [-0.25, -0.2) is 4.79 Å². The number of carbonyl (C=O) groups excluding carboxylic acids is 2. The molecule has 4 atom stereocenters. The average molecular weight is 533 g/mol. The third-order valence-electron chi connectivity index (χ3n) is 8.09. The molecular weight excluding hydrogens is 500 g/mol. The van der Waals surface area contributed by atoms with Crippen LogP contribution in [-0.2, 0) is 20.9 Å². The zero-order valence-electron chi connectivity index (χ0n) is 21.2. The summed E-state index contributed by atoms with van der Waals surface area (Å²) < 4.78 is 11.7. The Morgan fingerprint density at radius 3 is 1.95 bits per heavy atom. The maximum Gasteiger partial charge on any atom is 0.509 e. The highest BCUT2D eigenvalue weighted by Gasteiger charge is 2.72. The van der Waals surface area contributed by atoms with Gasteiger partial charge in [-0.15, -0.1) is 23.5 Å². The van der Waals surface area contributed by atoms with Gasteiger partial charge in [0.2, 0.25) is 0 Å². The topological polar surface area (TPSA) is 52.6 Å². The van der Waals surface area contributed by atoms with Crippen molar-refractivity contribution < 1.29 is 19.1 Å². The van der Waals surface area contributed by atoms with Crippen LogP contribution in [0, 0.1) is 17.3 Å². The maximum absolute atomic E-state index is 13.9. The quantitative estimate of drug-likeness (QED) is 0.158. The van der Waals surface area contributed by atoms with Gasteiger partial charge in [-0.05, 0) is 48.6 Å². The van der Waals surface area contributed by atoms with E-state index in [1.165, 1.54) is 0 Å². The van der Waals surface area contributed by atoms with Crippen LogP contribution in [0.1, 0.15) is 38.7 Å². The van der Waals surface area contributed by atoms with E-state index in [2.05, 4.69) is 38.1 Å². The molecule has 0 radical (unpaired) electrons. The molecule has 0 amide bonds. The number of thioether (sulfide) groups is 2. The molecule has 0 heterocycles. The first-order valence-electron chi connectivity index (χ1n) is 12.8. The highest BCUT2D eigenvalue weighted by molar-refractivity contribution is 8.17. The van der Waals surface area contributed by atoms with E-state index in [1.807, 2.05) is 66.7 Å². The fraction of sp³-hybridized carbons (Fsp3) is 0.355. The van der Waals surface area contributed by atoms with Crippen LogP contribution in [0.3, 0.4) is 0 Å². The van der Waals surface area contributed by atoms with Crippen molar-refractivity contribution in [1.82, 2.24) is 0 Å². The van der Waals surface area contributed by atoms with Crippen molar-refractivity contribution in [2.45, 2.75) is 59.7 Å². The number of carbonyl (C=O) groups is 2. The van der Waals surface area contributed by atoms with Crippen LogP contribution in [0.4, 0.5) is 4.79 Å². The Labute approximate surface area is 227 Å². The van der Waals surface area contributed by atoms with Gasteiger partial charge < -0.3 is 9.47 Å². The summed E-state index contributed by atoms with van der Waals surface area (Å²) in [5.41, 5.74) is -0.760. The van der Waals surface area contributed by atoms with Crippen LogP contribution in [0.15, 0.2) is 101 Å². The highest BCUT2D eigenvalue weighted by atomic mass is 32.2. The number of fused-ring (bicyclic) bond motifs is 1. The van der Waals surface area contributed by atoms with Crippen molar-refractivity contribution in [2.75, 3.05) is 0 Å². The van der Waals surface area contributed by atoms with Gasteiger partial charge in [-0.2, -0.15) is 0 Å². The number of hydrogen-bond acceptors (Lipinski definition) is 6. The molecular formula is C31H32O4S2. The molecule has 0 saturated heterocycles. The summed E-state index contributed by atoms with van der Waals surface area (Å²) >= 11 is 3.44. The van der Waals surface area contributed by atoms with Gasteiger partial charge in [0.15, 0.2) is 11.4 Å². The number of Topliss-reactive ketones (excluding diaryl/α,β-unsaturated/α-hetero) is 1. The predicted molar refractivity (Wildman–Crippen MR) is 148 cm³/mol. The monoisotopic (exact) mass is 532 g/mol. The molecule has 0 N–H and O–H groups in total. The van der Waals surface area contributed by atoms with Gasteiger partial charge in [0.05, 0.1) is 4.58 Å². The zero-order valence-corrected chi connectivity index (χ0v) is 22.8. The lowest BCUT2D eigenvalue weighted by Gasteiger charge is -2.53. The number of benzene rings is 3. The standard InChI is InChI=1S/C31H32O4S2/c1-22(28(36-25-14-8-4-9-15-25)37-26-16-10-5-11-17-26)31(27(32)20-24-18-19-30(24,31)2)35-29(33)34-21-23-12-6-3-7-13-23/h3-17,22,24,28H,18-21H2,1-2H3/t22?,24-,30+,31-/m1/s1. The molecule has 2 aliphatic rings. The molecule has 2 saturated carbocycles. The maximum atomic E-state index is 13.9. The number of rotatable bonds is 9. The third kappa shape index (κ3) is 5.06. The fourth-order valence-corrected chi connectivity index (χ4v) is 8.71. The van der Waals surface area contributed by atoms with Gasteiger partial charge >= 0.3 is 6.16 Å². The van der Waals surface area contributed by atoms with Crippen LogP contribution in [0.2, 0.25) is 0 Å². The molecule has 3 aromatic carbocycles. The summed E-state index contributed by atoms with van der Waals surface area (Å²) in [6.45, 7) is 4.31. The second-order valence-corrected chi connectivity index (χ2v) is 12.9. The van der Waals surface area contributed by atoms with Crippen molar-refractivity contribution in [3.05, 3.63) is 96.6 Å². The number of ether oxygens (including phenoxy) is 2. The normalized spacial score (nSPS) is 25.3. The second-order valence-electron chi connectivity index (χ2n) is 10.2. The first-order valence-corrected chi connectivity index (χ1v) is 14.5. The van der Waals surface area contributed by atoms with E-state index in [-0.39, 0.29) is 28.8 Å². The Morgan fingerprint density at radius 2 is 1.46 bits per heavy atom. The Kier molecular flexibility index (Phi) is 7.68. The molecule has 6 heteroatoms. The van der Waals surface area contributed by atoms with Crippen molar-refractivity contribution in [3.63, 3.8) is 0 Å². The Bertz CT molecular complexity index is 1180. The van der Waals surface area contributed by atoms with E-state index in [0.29, 0.717) is 6.42 Å². The van der Waals surface area contributed by atoms with Crippen LogP contribution < -0.4 is 0 Å². The van der Waals surface area contributed by atoms with Crippen LogP contribution in [0.25, 0.3) is 0 Å². The summed E-state index contributed by atoms with van der Waals surface area (Å²) in [5.74, 6) is -0.00236. The van der Waals surface area contributed by atoms with Gasteiger partial charge in [0.1, 0.15) is 6.61 Å². The van der Waals surface area contributed by atoms with Crippen molar-refractivity contribution in [1.29, 1.82) is 0 Å². The molecule has 37 heavy (non-hydrogen) atoms. The van der Waals surface area contributed by atoms with Crippen LogP contribution >= 0.6 is 23.5 Å². The van der Waals surface area contributed by atoms with Crippen LogP contribution in [0.5, 0.6) is 0 Å². The van der Waals surface area contributed by atoms with E-state index < -0.39 is 17.2 Å². The first kappa shape index (κ1) is 25.9. The van der Waals surface area contributed by atoms with Gasteiger partial charge in [-0.1, -0.05) is 80.6 Å². The van der Waals surface area contributed by atoms with Gasteiger partial charge in [0.25, 0.3) is 0 Å². The van der Waals surface area contributed by atoms with Crippen molar-refractivity contribution >= 4 is 35.5 Å². The lowest BCUT2D eigenvalue weighted by Crippen LogP contribution is -2.61. The molecule has 1 unspecified atom stereocenters. The lowest BCUT2D eigenvalue weighted by molar-refractivity contribution is -0.172. The summed E-state index contributed by atoms with van der Waals surface area (Å²) in [6, 6.07) is 30.0. The predicted octanol–water partition coefficient (Wildman–Crippen LogP) is 8.01. The molecule has 5 rings (SSSR count). The van der Waals surface area contributed by atoms with Gasteiger partial charge in [0, 0.05) is 27.5 Å². The summed E-state index contributed by atoms with van der Waals surface area (Å²) in [4.78, 5) is 29.3. The molecule has 192 valence electrons. The van der Waals surface area contributed by atoms with Crippen molar-refractivity contribution in [2.24, 2.45) is 17.3 Å². The number of hydrogen-bond donors (Lipinski definition) is 0. The highest BCUT2D eigenvalue weighted by Crippen LogP contribution is 2.66. The second kappa shape index (κ2) is 11.0.